The number of hydrogen-bond acceptors (Lipinski definition) is 4. The number of nitrogens with one attached hydrogen (secondary N) is 1. The van der Waals surface area contributed by atoms with Crippen molar-refractivity contribution in [2.75, 3.05) is 11.9 Å². The molecule has 1 heterocycles. The molecule has 0 spiro atoms. The fourth-order valence-electron chi connectivity index (χ4n) is 3.08. The average molecular weight is 405 g/mol. The summed E-state index contributed by atoms with van der Waals surface area (Å²) < 4.78 is 7.02. The molecular formula is C24H27N3O3. The van der Waals surface area contributed by atoms with Gasteiger partial charge in [0.25, 0.3) is 5.91 Å². The Balaban J connectivity index is 2.12. The molecule has 0 atom stereocenters. The summed E-state index contributed by atoms with van der Waals surface area (Å²) in [5, 5.41) is 12.2. The van der Waals surface area contributed by atoms with Crippen molar-refractivity contribution in [3.63, 3.8) is 0 Å². The first-order chi connectivity index (χ1) is 14.4. The summed E-state index contributed by atoms with van der Waals surface area (Å²) in [4.78, 5) is 23.9. The van der Waals surface area contributed by atoms with Crippen LogP contribution in [0.25, 0.3) is 12.2 Å². The number of hydrogen-bond donors (Lipinski definition) is 1. The summed E-state index contributed by atoms with van der Waals surface area (Å²) in [5.41, 5.74) is 4.40. The summed E-state index contributed by atoms with van der Waals surface area (Å²) in [6, 6.07) is 10.9. The van der Waals surface area contributed by atoms with Gasteiger partial charge in [0, 0.05) is 29.7 Å². The molecule has 2 rings (SSSR count). The number of anilines is 1. The van der Waals surface area contributed by atoms with Gasteiger partial charge in [0.2, 0.25) is 0 Å². The number of aromatic nitrogens is 1. The predicted octanol–water partition coefficient (Wildman–Crippen LogP) is 4.64. The number of aryl methyl sites for hydroxylation is 1. The van der Waals surface area contributed by atoms with Gasteiger partial charge >= 0.3 is 5.97 Å². The van der Waals surface area contributed by atoms with Gasteiger partial charge in [-0.1, -0.05) is 19.1 Å². The highest BCUT2D eigenvalue weighted by atomic mass is 16.5. The van der Waals surface area contributed by atoms with Crippen LogP contribution in [0.2, 0.25) is 0 Å². The van der Waals surface area contributed by atoms with Gasteiger partial charge in [-0.15, -0.1) is 0 Å². The number of rotatable bonds is 8. The second-order valence-electron chi connectivity index (χ2n) is 6.81. The normalized spacial score (nSPS) is 11.4. The standard InChI is InChI=1S/C24H27N3O3/c1-5-13-27-17(3)14-20(18(27)4)15-21(16-25)24(29)26-22-10-7-19(8-11-22)9-12-23(28)30-6-2/h7-12,14-15H,5-6,13H2,1-4H3,(H,26,29)/b12-9+,21-15+. The van der Waals surface area contributed by atoms with Gasteiger partial charge in [0.15, 0.2) is 0 Å². The second-order valence-corrected chi connectivity index (χ2v) is 6.81. The minimum absolute atomic E-state index is 0.0398. The molecule has 30 heavy (non-hydrogen) atoms. The van der Waals surface area contributed by atoms with E-state index in [1.807, 2.05) is 26.0 Å². The Kier molecular flexibility index (Phi) is 8.18. The lowest BCUT2D eigenvalue weighted by atomic mass is 10.1. The Morgan fingerprint density at radius 3 is 2.50 bits per heavy atom. The summed E-state index contributed by atoms with van der Waals surface area (Å²) in [5.74, 6) is -0.871. The van der Waals surface area contributed by atoms with Crippen LogP contribution < -0.4 is 5.32 Å². The minimum Gasteiger partial charge on any atom is -0.463 e. The minimum atomic E-state index is -0.465. The third-order valence-corrected chi connectivity index (χ3v) is 4.59. The Morgan fingerprint density at radius 1 is 1.20 bits per heavy atom. The van der Waals surface area contributed by atoms with Crippen molar-refractivity contribution in [3.8, 4) is 6.07 Å². The van der Waals surface area contributed by atoms with Crippen LogP contribution in [-0.4, -0.2) is 23.1 Å². The van der Waals surface area contributed by atoms with E-state index in [1.165, 1.54) is 6.08 Å². The first-order valence-electron chi connectivity index (χ1n) is 9.94. The van der Waals surface area contributed by atoms with Crippen LogP contribution in [0.4, 0.5) is 5.69 Å². The van der Waals surface area contributed by atoms with Gasteiger partial charge in [-0.05, 0) is 68.7 Å². The lowest BCUT2D eigenvalue weighted by Crippen LogP contribution is -2.13. The molecule has 0 aliphatic rings. The van der Waals surface area contributed by atoms with Crippen LogP contribution >= 0.6 is 0 Å². The SMILES string of the molecule is CCCn1c(C)cc(/C=C(\C#N)C(=O)Nc2ccc(/C=C/C(=O)OCC)cc2)c1C. The summed E-state index contributed by atoms with van der Waals surface area (Å²) in [6.45, 7) is 9.09. The van der Waals surface area contributed by atoms with Crippen LogP contribution in [0.3, 0.4) is 0 Å². The first-order valence-corrected chi connectivity index (χ1v) is 9.94. The number of benzene rings is 1. The molecule has 6 nitrogen and oxygen atoms in total. The zero-order chi connectivity index (χ0) is 22.1. The van der Waals surface area contributed by atoms with Gasteiger partial charge in [-0.2, -0.15) is 5.26 Å². The maximum absolute atomic E-state index is 12.6. The molecule has 1 amide bonds. The fraction of sp³-hybridized carbons (Fsp3) is 0.292. The van der Waals surface area contributed by atoms with E-state index in [0.717, 1.165) is 35.5 Å². The Morgan fingerprint density at radius 2 is 1.90 bits per heavy atom. The molecule has 1 aromatic carbocycles. The van der Waals surface area contributed by atoms with E-state index in [2.05, 4.69) is 16.8 Å². The third-order valence-electron chi connectivity index (χ3n) is 4.59. The van der Waals surface area contributed by atoms with Crippen molar-refractivity contribution in [2.24, 2.45) is 0 Å². The first kappa shape index (κ1) is 22.7. The van der Waals surface area contributed by atoms with Crippen molar-refractivity contribution in [1.82, 2.24) is 4.57 Å². The predicted molar refractivity (Wildman–Crippen MR) is 119 cm³/mol. The van der Waals surface area contributed by atoms with E-state index < -0.39 is 11.9 Å². The van der Waals surface area contributed by atoms with Crippen molar-refractivity contribution < 1.29 is 14.3 Å². The van der Waals surface area contributed by atoms with Crippen LogP contribution in [0.1, 0.15) is 42.8 Å². The molecule has 2 aromatic rings. The van der Waals surface area contributed by atoms with E-state index in [1.54, 1.807) is 43.3 Å². The summed E-state index contributed by atoms with van der Waals surface area (Å²) >= 11 is 0. The molecule has 0 bridgehead atoms. The van der Waals surface area contributed by atoms with Gasteiger partial charge in [0.05, 0.1) is 6.61 Å². The quantitative estimate of drug-likeness (QED) is 0.394. The molecule has 0 fully saturated rings. The molecule has 156 valence electrons. The van der Waals surface area contributed by atoms with Crippen molar-refractivity contribution in [1.29, 1.82) is 5.26 Å². The van der Waals surface area contributed by atoms with Crippen LogP contribution in [-0.2, 0) is 20.9 Å². The second kappa shape index (κ2) is 10.8. The van der Waals surface area contributed by atoms with Crippen LogP contribution in [0.5, 0.6) is 0 Å². The lowest BCUT2D eigenvalue weighted by molar-refractivity contribution is -0.137. The molecular weight excluding hydrogens is 378 g/mol. The number of nitrogens with zero attached hydrogens (tertiary/aromatic N) is 2. The molecule has 1 aromatic heterocycles. The van der Waals surface area contributed by atoms with E-state index in [9.17, 15) is 14.9 Å². The zero-order valence-electron chi connectivity index (χ0n) is 17.9. The van der Waals surface area contributed by atoms with E-state index >= 15 is 0 Å². The number of esters is 1. The molecule has 0 aliphatic carbocycles. The fourth-order valence-corrected chi connectivity index (χ4v) is 3.08. The molecule has 0 radical (unpaired) electrons. The molecule has 6 heteroatoms. The van der Waals surface area contributed by atoms with Gasteiger partial charge in [0.1, 0.15) is 11.6 Å². The Bertz CT molecular complexity index is 1010. The topological polar surface area (TPSA) is 84.1 Å². The summed E-state index contributed by atoms with van der Waals surface area (Å²) in [7, 11) is 0. The maximum atomic E-state index is 12.6. The van der Waals surface area contributed by atoms with Gasteiger partial charge < -0.3 is 14.6 Å². The average Bonchev–Trinajstić information content (AvgIpc) is 2.99. The highest BCUT2D eigenvalue weighted by Gasteiger charge is 2.13. The zero-order valence-corrected chi connectivity index (χ0v) is 17.9. The number of amides is 1. The molecule has 0 unspecified atom stereocenters. The van der Waals surface area contributed by atoms with Crippen molar-refractivity contribution >= 4 is 29.7 Å². The molecule has 0 saturated carbocycles. The highest BCUT2D eigenvalue weighted by Crippen LogP contribution is 2.19. The monoisotopic (exact) mass is 405 g/mol. The Hall–Kier alpha value is -3.59. The number of nitriles is 1. The van der Waals surface area contributed by atoms with E-state index in [-0.39, 0.29) is 5.57 Å². The maximum Gasteiger partial charge on any atom is 0.330 e. The number of carbonyl (C=O) groups is 2. The smallest absolute Gasteiger partial charge is 0.330 e. The molecule has 1 N–H and O–H groups in total. The number of ether oxygens (including phenoxy) is 1. The van der Waals surface area contributed by atoms with E-state index in [0.29, 0.717) is 12.3 Å². The summed E-state index contributed by atoms with van der Waals surface area (Å²) in [6.07, 6.45) is 5.62. The number of carbonyl (C=O) groups excluding carboxylic acids is 2. The molecule has 0 saturated heterocycles. The Labute approximate surface area is 177 Å². The third kappa shape index (κ3) is 5.95. The highest BCUT2D eigenvalue weighted by molar-refractivity contribution is 6.09. The van der Waals surface area contributed by atoms with E-state index in [4.69, 9.17) is 4.74 Å². The lowest BCUT2D eigenvalue weighted by Gasteiger charge is -2.07. The largest absolute Gasteiger partial charge is 0.463 e. The van der Waals surface area contributed by atoms with Gasteiger partial charge in [-0.3, -0.25) is 4.79 Å². The van der Waals surface area contributed by atoms with Gasteiger partial charge in [-0.25, -0.2) is 4.79 Å². The van der Waals surface area contributed by atoms with Crippen molar-refractivity contribution in [3.05, 3.63) is 64.5 Å². The van der Waals surface area contributed by atoms with Crippen LogP contribution in [0.15, 0.2) is 42.0 Å². The van der Waals surface area contributed by atoms with Crippen LogP contribution in [0, 0.1) is 25.2 Å². The van der Waals surface area contributed by atoms with Crippen molar-refractivity contribution in [2.45, 2.75) is 40.7 Å². The molecule has 0 aliphatic heterocycles.